The lowest BCUT2D eigenvalue weighted by Gasteiger charge is -2.33. The fourth-order valence-electron chi connectivity index (χ4n) is 3.38. The molecule has 2 aliphatic heterocycles. The maximum Gasteiger partial charge on any atom is 0.338 e. The Hall–Kier alpha value is -2.65. The smallest absolute Gasteiger partial charge is 0.338 e. The molecule has 0 saturated carbocycles. The van der Waals surface area contributed by atoms with E-state index in [0.717, 1.165) is 0 Å². The molecular weight excluding hydrogens is 408 g/mol. The summed E-state index contributed by atoms with van der Waals surface area (Å²) in [7, 11) is 2.83. The summed E-state index contributed by atoms with van der Waals surface area (Å²) >= 11 is 1.40. The van der Waals surface area contributed by atoms with E-state index in [1.807, 2.05) is 6.92 Å². The number of thioether (sulfide) groups is 1. The van der Waals surface area contributed by atoms with E-state index in [2.05, 4.69) is 4.99 Å². The van der Waals surface area contributed by atoms with Gasteiger partial charge in [0.15, 0.2) is 5.17 Å². The van der Waals surface area contributed by atoms with E-state index in [0.29, 0.717) is 34.0 Å². The van der Waals surface area contributed by atoms with Gasteiger partial charge in [0.1, 0.15) is 6.61 Å². The van der Waals surface area contributed by atoms with E-state index in [-0.39, 0.29) is 24.4 Å². The van der Waals surface area contributed by atoms with Crippen LogP contribution >= 0.6 is 11.8 Å². The second-order valence-electron chi connectivity index (χ2n) is 6.76. The van der Waals surface area contributed by atoms with Crippen LogP contribution in [0.2, 0.25) is 0 Å². The molecule has 0 unspecified atom stereocenters. The topological polar surface area (TPSA) is 94.5 Å². The lowest BCUT2D eigenvalue weighted by molar-refractivity contribution is -0.141. The number of carbonyl (C=O) groups excluding carboxylic acids is 3. The molecule has 2 heterocycles. The van der Waals surface area contributed by atoms with Gasteiger partial charge in [-0.05, 0) is 31.0 Å². The quantitative estimate of drug-likeness (QED) is 0.483. The summed E-state index contributed by atoms with van der Waals surface area (Å²) in [5, 5.41) is 0.317. The third kappa shape index (κ3) is 4.13. The van der Waals surface area contributed by atoms with E-state index in [1.165, 1.54) is 26.0 Å². The predicted octanol–water partition coefficient (Wildman–Crippen LogP) is 2.70. The molecule has 0 spiro atoms. The van der Waals surface area contributed by atoms with Gasteiger partial charge in [0.2, 0.25) is 5.91 Å². The minimum absolute atomic E-state index is 0.0942. The van der Waals surface area contributed by atoms with Crippen molar-refractivity contribution in [2.24, 2.45) is 4.99 Å². The van der Waals surface area contributed by atoms with Crippen molar-refractivity contribution in [3.8, 4) is 0 Å². The molecule has 9 heteroatoms. The molecule has 0 aromatic heterocycles. The van der Waals surface area contributed by atoms with Crippen LogP contribution in [0.15, 0.2) is 40.5 Å². The van der Waals surface area contributed by atoms with Crippen molar-refractivity contribution in [2.45, 2.75) is 31.6 Å². The molecule has 1 fully saturated rings. The van der Waals surface area contributed by atoms with Crippen LogP contribution < -0.4 is 0 Å². The minimum atomic E-state index is -0.684. The molecule has 2 aliphatic rings. The Labute approximate surface area is 179 Å². The van der Waals surface area contributed by atoms with Crippen LogP contribution in [0.5, 0.6) is 0 Å². The third-order valence-electron chi connectivity index (χ3n) is 4.91. The number of esters is 2. The van der Waals surface area contributed by atoms with E-state index < -0.39 is 18.0 Å². The molecule has 1 amide bonds. The molecule has 30 heavy (non-hydrogen) atoms. The van der Waals surface area contributed by atoms with Crippen LogP contribution in [0, 0.1) is 0 Å². The molecule has 1 aromatic carbocycles. The lowest BCUT2D eigenvalue weighted by atomic mass is 9.93. The zero-order valence-electron chi connectivity index (χ0n) is 17.3. The molecule has 1 aromatic rings. The summed E-state index contributed by atoms with van der Waals surface area (Å²) in [6.07, 6.45) is 0.652. The number of benzene rings is 1. The summed E-state index contributed by atoms with van der Waals surface area (Å²) in [5.74, 6) is -1.11. The normalized spacial score (nSPS) is 20.7. The molecule has 0 aliphatic carbocycles. The van der Waals surface area contributed by atoms with Crippen molar-refractivity contribution < 1.29 is 28.6 Å². The maximum absolute atomic E-state index is 13.1. The molecule has 0 bridgehead atoms. The highest BCUT2D eigenvalue weighted by molar-refractivity contribution is 8.15. The maximum atomic E-state index is 13.1. The van der Waals surface area contributed by atoms with Gasteiger partial charge in [0.25, 0.3) is 0 Å². The van der Waals surface area contributed by atoms with E-state index in [9.17, 15) is 14.4 Å². The molecule has 160 valence electrons. The van der Waals surface area contributed by atoms with Gasteiger partial charge in [0, 0.05) is 7.11 Å². The SMILES string of the molecule is CC[C@@H]1SC2=NC(C)=C(C(=O)OCCOC)[C@@H](c3ccc(C(=O)OC)cc3)N2C1=O. The standard InChI is InChI=1S/C21H24N2O6S/c1-5-15-18(24)23-17(13-6-8-14(9-7-13)19(25)28-4)16(12(2)22-21(23)30-15)20(26)29-11-10-27-3/h6-9,15,17H,5,10-11H2,1-4H3/t15-,17+/m0/s1. The molecule has 0 radical (unpaired) electrons. The Morgan fingerprint density at radius 3 is 2.43 bits per heavy atom. The Morgan fingerprint density at radius 2 is 1.83 bits per heavy atom. The minimum Gasteiger partial charge on any atom is -0.465 e. The van der Waals surface area contributed by atoms with E-state index in [4.69, 9.17) is 14.2 Å². The van der Waals surface area contributed by atoms with Crippen LogP contribution in [0.1, 0.15) is 42.2 Å². The highest BCUT2D eigenvalue weighted by atomic mass is 32.2. The van der Waals surface area contributed by atoms with Gasteiger partial charge in [-0.15, -0.1) is 0 Å². The zero-order chi connectivity index (χ0) is 21.8. The first kappa shape index (κ1) is 22.0. The summed E-state index contributed by atoms with van der Waals surface area (Å²) < 4.78 is 15.0. The van der Waals surface area contributed by atoms with Gasteiger partial charge in [-0.25, -0.2) is 14.6 Å². The zero-order valence-corrected chi connectivity index (χ0v) is 18.2. The number of fused-ring (bicyclic) bond motifs is 1. The third-order valence-corrected chi connectivity index (χ3v) is 6.23. The molecular formula is C21H24N2O6S. The molecule has 3 rings (SSSR count). The number of ether oxygens (including phenoxy) is 3. The number of carbonyl (C=O) groups is 3. The van der Waals surface area contributed by atoms with Crippen LogP contribution in [0.4, 0.5) is 0 Å². The average molecular weight is 432 g/mol. The summed E-state index contributed by atoms with van der Waals surface area (Å²) in [6, 6.07) is 5.97. The highest BCUT2D eigenvalue weighted by Gasteiger charge is 2.47. The molecule has 0 N–H and O–H groups in total. The number of amidine groups is 1. The number of rotatable bonds is 7. The molecule has 8 nitrogen and oxygen atoms in total. The summed E-state index contributed by atoms with van der Waals surface area (Å²) in [5.41, 5.74) is 1.86. The monoisotopic (exact) mass is 432 g/mol. The van der Waals surface area contributed by atoms with E-state index in [1.54, 1.807) is 36.1 Å². The first-order chi connectivity index (χ1) is 14.4. The highest BCUT2D eigenvalue weighted by Crippen LogP contribution is 2.44. The fraction of sp³-hybridized carbons (Fsp3) is 0.429. The lowest BCUT2D eigenvalue weighted by Crippen LogP contribution is -2.41. The van der Waals surface area contributed by atoms with Crippen LogP contribution in [-0.2, 0) is 23.8 Å². The van der Waals surface area contributed by atoms with Crippen LogP contribution in [0.25, 0.3) is 0 Å². The van der Waals surface area contributed by atoms with E-state index >= 15 is 0 Å². The van der Waals surface area contributed by atoms with Gasteiger partial charge >= 0.3 is 11.9 Å². The average Bonchev–Trinajstić information content (AvgIpc) is 3.07. The van der Waals surface area contributed by atoms with Crippen LogP contribution in [0.3, 0.4) is 0 Å². The fourth-order valence-corrected chi connectivity index (χ4v) is 4.51. The van der Waals surface area contributed by atoms with Gasteiger partial charge in [0.05, 0.1) is 41.8 Å². The second-order valence-corrected chi connectivity index (χ2v) is 7.93. The van der Waals surface area contributed by atoms with Crippen molar-refractivity contribution in [1.29, 1.82) is 0 Å². The largest absolute Gasteiger partial charge is 0.465 e. The molecule has 2 atom stereocenters. The number of amides is 1. The number of methoxy groups -OCH3 is 2. The Kier molecular flexibility index (Phi) is 6.94. The van der Waals surface area contributed by atoms with Gasteiger partial charge in [-0.2, -0.15) is 0 Å². The van der Waals surface area contributed by atoms with Crippen molar-refractivity contribution >= 4 is 34.8 Å². The van der Waals surface area contributed by atoms with Crippen molar-refractivity contribution in [1.82, 2.24) is 4.90 Å². The second kappa shape index (κ2) is 9.44. The predicted molar refractivity (Wildman–Crippen MR) is 112 cm³/mol. The van der Waals surface area contributed by atoms with Gasteiger partial charge < -0.3 is 14.2 Å². The van der Waals surface area contributed by atoms with Crippen molar-refractivity contribution in [2.75, 3.05) is 27.4 Å². The van der Waals surface area contributed by atoms with Crippen molar-refractivity contribution in [3.63, 3.8) is 0 Å². The van der Waals surface area contributed by atoms with Crippen molar-refractivity contribution in [3.05, 3.63) is 46.7 Å². The molecule has 1 saturated heterocycles. The number of hydrogen-bond acceptors (Lipinski definition) is 8. The Balaban J connectivity index is 2.03. The summed E-state index contributed by atoms with van der Waals surface area (Å²) in [4.78, 5) is 43.8. The first-order valence-electron chi connectivity index (χ1n) is 9.56. The number of aliphatic imine (C=N–C) groups is 1. The van der Waals surface area contributed by atoms with Crippen LogP contribution in [-0.4, -0.2) is 60.6 Å². The van der Waals surface area contributed by atoms with Gasteiger partial charge in [-0.1, -0.05) is 30.8 Å². The summed E-state index contributed by atoms with van der Waals surface area (Å²) in [6.45, 7) is 4.03. The Morgan fingerprint density at radius 1 is 1.13 bits per heavy atom. The number of allylic oxidation sites excluding steroid dienone is 1. The first-order valence-corrected chi connectivity index (χ1v) is 10.4. The number of hydrogen-bond donors (Lipinski definition) is 0. The number of nitrogens with zero attached hydrogens (tertiary/aromatic N) is 2. The Bertz CT molecular complexity index is 909. The van der Waals surface area contributed by atoms with Gasteiger partial charge in [-0.3, -0.25) is 9.69 Å².